The first-order valence-electron chi connectivity index (χ1n) is 5.99. The minimum atomic E-state index is 0.168. The fourth-order valence-electron chi connectivity index (χ4n) is 2.16. The summed E-state index contributed by atoms with van der Waals surface area (Å²) in [6, 6.07) is 0.558. The average molecular weight is 230 g/mol. The maximum Gasteiger partial charge on any atom is 0.0931 e. The first-order chi connectivity index (χ1) is 7.48. The van der Waals surface area contributed by atoms with Gasteiger partial charge in [-0.1, -0.05) is 0 Å². The third kappa shape index (κ3) is 4.01. The van der Waals surface area contributed by atoms with Gasteiger partial charge in [-0.05, 0) is 20.8 Å². The van der Waals surface area contributed by atoms with Crippen molar-refractivity contribution in [2.75, 3.05) is 40.5 Å². The Morgan fingerprint density at radius 3 is 2.69 bits per heavy atom. The molecule has 4 nitrogen and oxygen atoms in total. The second-order valence-corrected chi connectivity index (χ2v) is 5.36. The predicted molar refractivity (Wildman–Crippen MR) is 65.8 cm³/mol. The zero-order valence-electron chi connectivity index (χ0n) is 11.2. The fraction of sp³-hybridized carbons (Fsp3) is 1.00. The third-order valence-electron chi connectivity index (χ3n) is 3.22. The van der Waals surface area contributed by atoms with Gasteiger partial charge in [-0.15, -0.1) is 0 Å². The molecular weight excluding hydrogens is 204 g/mol. The third-order valence-corrected chi connectivity index (χ3v) is 3.22. The molecule has 1 N–H and O–H groups in total. The van der Waals surface area contributed by atoms with E-state index in [-0.39, 0.29) is 11.6 Å². The smallest absolute Gasteiger partial charge is 0.0931 e. The van der Waals surface area contributed by atoms with E-state index >= 15 is 0 Å². The van der Waals surface area contributed by atoms with Crippen LogP contribution in [0.3, 0.4) is 0 Å². The van der Waals surface area contributed by atoms with Crippen LogP contribution >= 0.6 is 0 Å². The molecule has 1 heterocycles. The summed E-state index contributed by atoms with van der Waals surface area (Å²) in [5.74, 6) is 0. The monoisotopic (exact) mass is 230 g/mol. The van der Waals surface area contributed by atoms with E-state index in [0.717, 1.165) is 19.6 Å². The predicted octanol–water partition coefficient (Wildman–Crippen LogP) is 0.720. The largest absolute Gasteiger partial charge is 0.382 e. The molecule has 0 aromatic rings. The van der Waals surface area contributed by atoms with E-state index in [1.807, 2.05) is 0 Å². The lowest BCUT2D eigenvalue weighted by Crippen LogP contribution is -2.62. The number of methoxy groups -OCH3 is 2. The summed E-state index contributed by atoms with van der Waals surface area (Å²) in [6.45, 7) is 10.4. The standard InChI is InChI=1S/C12H26N2O2/c1-10-6-13-12(2,3)9-14(10)7-11(16-5)8-15-4/h10-11,13H,6-9H2,1-5H3. The van der Waals surface area contributed by atoms with Crippen molar-refractivity contribution in [2.45, 2.75) is 38.5 Å². The van der Waals surface area contributed by atoms with E-state index < -0.39 is 0 Å². The summed E-state index contributed by atoms with van der Waals surface area (Å²) in [5.41, 5.74) is 0.192. The van der Waals surface area contributed by atoms with Crippen molar-refractivity contribution < 1.29 is 9.47 Å². The Morgan fingerprint density at radius 1 is 1.44 bits per heavy atom. The Kier molecular flexibility index (Phi) is 5.18. The van der Waals surface area contributed by atoms with E-state index in [1.165, 1.54) is 0 Å². The highest BCUT2D eigenvalue weighted by Gasteiger charge is 2.31. The van der Waals surface area contributed by atoms with Crippen molar-refractivity contribution in [1.29, 1.82) is 0 Å². The van der Waals surface area contributed by atoms with Crippen LogP contribution in [0.5, 0.6) is 0 Å². The number of piperazine rings is 1. The Bertz CT molecular complexity index is 209. The molecule has 2 unspecified atom stereocenters. The van der Waals surface area contributed by atoms with Crippen LogP contribution in [-0.4, -0.2) is 63.0 Å². The van der Waals surface area contributed by atoms with Crippen LogP contribution in [0, 0.1) is 0 Å². The molecular formula is C12H26N2O2. The molecule has 1 fully saturated rings. The van der Waals surface area contributed by atoms with E-state index in [9.17, 15) is 0 Å². The van der Waals surface area contributed by atoms with Crippen LogP contribution in [0.15, 0.2) is 0 Å². The lowest BCUT2D eigenvalue weighted by Gasteiger charge is -2.44. The molecule has 0 aromatic carbocycles. The molecule has 16 heavy (non-hydrogen) atoms. The second kappa shape index (κ2) is 5.96. The van der Waals surface area contributed by atoms with Gasteiger partial charge in [0.25, 0.3) is 0 Å². The van der Waals surface area contributed by atoms with Crippen molar-refractivity contribution in [1.82, 2.24) is 10.2 Å². The van der Waals surface area contributed by atoms with Gasteiger partial charge in [-0.2, -0.15) is 0 Å². The molecule has 1 aliphatic heterocycles. The first-order valence-corrected chi connectivity index (χ1v) is 5.99. The normalized spacial score (nSPS) is 27.9. The maximum absolute atomic E-state index is 5.42. The lowest BCUT2D eigenvalue weighted by molar-refractivity contribution is -0.0145. The van der Waals surface area contributed by atoms with Crippen LogP contribution in [0.2, 0.25) is 0 Å². The summed E-state index contributed by atoms with van der Waals surface area (Å²) < 4.78 is 10.6. The highest BCUT2D eigenvalue weighted by molar-refractivity contribution is 4.91. The van der Waals surface area contributed by atoms with Crippen molar-refractivity contribution in [2.24, 2.45) is 0 Å². The quantitative estimate of drug-likeness (QED) is 0.754. The molecule has 96 valence electrons. The van der Waals surface area contributed by atoms with Crippen molar-refractivity contribution >= 4 is 0 Å². The van der Waals surface area contributed by atoms with Crippen molar-refractivity contribution in [3.8, 4) is 0 Å². The fourth-order valence-corrected chi connectivity index (χ4v) is 2.16. The Balaban J connectivity index is 2.49. The van der Waals surface area contributed by atoms with Gasteiger partial charge < -0.3 is 14.8 Å². The average Bonchev–Trinajstić information content (AvgIpc) is 2.22. The number of nitrogens with one attached hydrogen (secondary N) is 1. The topological polar surface area (TPSA) is 33.7 Å². The molecule has 4 heteroatoms. The van der Waals surface area contributed by atoms with Crippen molar-refractivity contribution in [3.63, 3.8) is 0 Å². The molecule has 0 bridgehead atoms. The van der Waals surface area contributed by atoms with Gasteiger partial charge in [0.05, 0.1) is 12.7 Å². The van der Waals surface area contributed by atoms with Gasteiger partial charge >= 0.3 is 0 Å². The minimum absolute atomic E-state index is 0.168. The van der Waals surface area contributed by atoms with E-state index in [1.54, 1.807) is 14.2 Å². The molecule has 0 aromatic heterocycles. The molecule has 1 aliphatic rings. The molecule has 0 saturated carbocycles. The Labute approximate surface area is 99.3 Å². The van der Waals surface area contributed by atoms with Crippen LogP contribution in [0.1, 0.15) is 20.8 Å². The molecule has 0 aliphatic carbocycles. The zero-order chi connectivity index (χ0) is 12.2. The molecule has 0 radical (unpaired) electrons. The zero-order valence-corrected chi connectivity index (χ0v) is 11.2. The Hall–Kier alpha value is -0.160. The maximum atomic E-state index is 5.42. The van der Waals surface area contributed by atoms with E-state index in [4.69, 9.17) is 9.47 Å². The van der Waals surface area contributed by atoms with Crippen LogP contribution in [0.4, 0.5) is 0 Å². The van der Waals surface area contributed by atoms with Gasteiger partial charge in [0.1, 0.15) is 0 Å². The van der Waals surface area contributed by atoms with Crippen molar-refractivity contribution in [3.05, 3.63) is 0 Å². The molecule has 1 saturated heterocycles. The molecule has 1 rings (SSSR count). The van der Waals surface area contributed by atoms with Gasteiger partial charge in [0.2, 0.25) is 0 Å². The number of hydrogen-bond acceptors (Lipinski definition) is 4. The lowest BCUT2D eigenvalue weighted by atomic mass is 9.99. The van der Waals surface area contributed by atoms with Gasteiger partial charge in [-0.3, -0.25) is 4.90 Å². The first kappa shape index (κ1) is 13.9. The van der Waals surface area contributed by atoms with Gasteiger partial charge in [-0.25, -0.2) is 0 Å². The Morgan fingerprint density at radius 2 is 2.12 bits per heavy atom. The van der Waals surface area contributed by atoms with E-state index in [0.29, 0.717) is 12.6 Å². The van der Waals surface area contributed by atoms with E-state index in [2.05, 4.69) is 31.0 Å². The van der Waals surface area contributed by atoms with Gasteiger partial charge in [0.15, 0.2) is 0 Å². The molecule has 2 atom stereocenters. The SMILES string of the molecule is COCC(CN1CC(C)(C)NCC1C)OC. The highest BCUT2D eigenvalue weighted by atomic mass is 16.5. The molecule has 0 spiro atoms. The minimum Gasteiger partial charge on any atom is -0.382 e. The van der Waals surface area contributed by atoms with Gasteiger partial charge in [0, 0.05) is 45.4 Å². The number of hydrogen-bond donors (Lipinski definition) is 1. The summed E-state index contributed by atoms with van der Waals surface area (Å²) in [6.07, 6.45) is 0.168. The highest BCUT2D eigenvalue weighted by Crippen LogP contribution is 2.15. The molecule has 0 amide bonds. The van der Waals surface area contributed by atoms with Crippen LogP contribution < -0.4 is 5.32 Å². The van der Waals surface area contributed by atoms with Crippen LogP contribution in [0.25, 0.3) is 0 Å². The summed E-state index contributed by atoms with van der Waals surface area (Å²) >= 11 is 0. The summed E-state index contributed by atoms with van der Waals surface area (Å²) in [4.78, 5) is 2.48. The number of ether oxygens (including phenoxy) is 2. The second-order valence-electron chi connectivity index (χ2n) is 5.36. The van der Waals surface area contributed by atoms with Crippen LogP contribution in [-0.2, 0) is 9.47 Å². The number of nitrogens with zero attached hydrogens (tertiary/aromatic N) is 1. The summed E-state index contributed by atoms with van der Waals surface area (Å²) in [7, 11) is 3.47. The summed E-state index contributed by atoms with van der Waals surface area (Å²) in [5, 5.41) is 3.55. The number of rotatable bonds is 5.